The van der Waals surface area contributed by atoms with Crippen LogP contribution < -0.4 is 0 Å². The second-order valence-electron chi connectivity index (χ2n) is 3.27. The average Bonchev–Trinajstić information content (AvgIpc) is 2.27. The zero-order valence-corrected chi connectivity index (χ0v) is 13.9. The largest absolute Gasteiger partial charge is 0.314 e. The minimum atomic E-state index is -2.98. The number of rotatable bonds is 10. The van der Waals surface area contributed by atoms with Crippen molar-refractivity contribution in [1.29, 1.82) is 0 Å². The maximum atomic E-state index is 12.3. The van der Waals surface area contributed by atoms with E-state index in [2.05, 4.69) is 0 Å². The Morgan fingerprint density at radius 1 is 1.12 bits per heavy atom. The van der Waals surface area contributed by atoms with Crippen molar-refractivity contribution in [1.82, 2.24) is 0 Å². The van der Waals surface area contributed by atoms with Crippen LogP contribution in [0, 0.1) is 0 Å². The summed E-state index contributed by atoms with van der Waals surface area (Å²) in [7, 11) is -2.98. The molecule has 0 aliphatic heterocycles. The second-order valence-corrected chi connectivity index (χ2v) is 13.4. The lowest BCUT2D eigenvalue weighted by atomic mass is 10.6. The van der Waals surface area contributed by atoms with Crippen molar-refractivity contribution in [2.24, 2.45) is 0 Å². The van der Waals surface area contributed by atoms with Gasteiger partial charge < -0.3 is 4.52 Å². The van der Waals surface area contributed by atoms with E-state index in [0.717, 1.165) is 23.6 Å². The highest BCUT2D eigenvalue weighted by molar-refractivity contribution is 8.89. The van der Waals surface area contributed by atoms with E-state index in [9.17, 15) is 13.0 Å². The SMILES string of the molecule is CCCSP(=O)(OCC)SCCS(=O)(=O)CC. The third-order valence-electron chi connectivity index (χ3n) is 1.82. The van der Waals surface area contributed by atoms with Crippen molar-refractivity contribution in [3.05, 3.63) is 0 Å². The van der Waals surface area contributed by atoms with Crippen molar-refractivity contribution in [2.75, 3.05) is 29.6 Å². The fraction of sp³-hybridized carbons (Fsp3) is 1.00. The molecule has 1 atom stereocenters. The molecule has 0 spiro atoms. The Bertz CT molecular complexity index is 342. The Morgan fingerprint density at radius 3 is 2.18 bits per heavy atom. The molecule has 1 unspecified atom stereocenters. The monoisotopic (exact) mass is 320 g/mol. The van der Waals surface area contributed by atoms with Crippen molar-refractivity contribution in [3.8, 4) is 0 Å². The maximum Gasteiger partial charge on any atom is 0.313 e. The van der Waals surface area contributed by atoms with E-state index in [-0.39, 0.29) is 11.5 Å². The second kappa shape index (κ2) is 8.86. The molecule has 0 aliphatic carbocycles. The lowest BCUT2D eigenvalue weighted by molar-refractivity contribution is 0.357. The molecule has 17 heavy (non-hydrogen) atoms. The number of hydrogen-bond donors (Lipinski definition) is 0. The van der Waals surface area contributed by atoms with Gasteiger partial charge in [0.2, 0.25) is 0 Å². The van der Waals surface area contributed by atoms with E-state index in [0.29, 0.717) is 12.4 Å². The Morgan fingerprint density at radius 2 is 1.71 bits per heavy atom. The van der Waals surface area contributed by atoms with E-state index in [1.165, 1.54) is 11.4 Å². The highest BCUT2D eigenvalue weighted by atomic mass is 33.1. The predicted octanol–water partition coefficient (Wildman–Crippen LogP) is 3.44. The van der Waals surface area contributed by atoms with Crippen LogP contribution in [0.15, 0.2) is 0 Å². The van der Waals surface area contributed by atoms with Gasteiger partial charge in [-0.25, -0.2) is 8.42 Å². The van der Waals surface area contributed by atoms with Gasteiger partial charge in [0.15, 0.2) is 9.84 Å². The van der Waals surface area contributed by atoms with Gasteiger partial charge in [-0.2, -0.15) is 0 Å². The van der Waals surface area contributed by atoms with Crippen LogP contribution in [0.5, 0.6) is 0 Å². The zero-order chi connectivity index (χ0) is 13.4. The van der Waals surface area contributed by atoms with Gasteiger partial charge in [-0.1, -0.05) is 36.6 Å². The minimum Gasteiger partial charge on any atom is -0.314 e. The first-order chi connectivity index (χ1) is 7.89. The number of hydrogen-bond acceptors (Lipinski definition) is 6. The zero-order valence-electron chi connectivity index (χ0n) is 10.5. The van der Waals surface area contributed by atoms with Gasteiger partial charge in [-0.3, -0.25) is 4.57 Å². The van der Waals surface area contributed by atoms with Gasteiger partial charge in [0, 0.05) is 17.3 Å². The van der Waals surface area contributed by atoms with Crippen molar-refractivity contribution in [2.45, 2.75) is 27.2 Å². The lowest BCUT2D eigenvalue weighted by Gasteiger charge is -2.15. The lowest BCUT2D eigenvalue weighted by Crippen LogP contribution is -2.10. The molecule has 0 aromatic heterocycles. The summed E-state index contributed by atoms with van der Waals surface area (Å²) in [4.78, 5) is 0. The third-order valence-corrected chi connectivity index (χ3v) is 11.5. The third kappa shape index (κ3) is 8.54. The van der Waals surface area contributed by atoms with E-state index in [1.54, 1.807) is 13.8 Å². The number of sulfone groups is 1. The minimum absolute atomic E-state index is 0.0674. The molecule has 0 aliphatic rings. The van der Waals surface area contributed by atoms with Gasteiger partial charge in [0.1, 0.15) is 0 Å². The highest BCUT2D eigenvalue weighted by Gasteiger charge is 2.24. The molecule has 0 amide bonds. The molecule has 0 aromatic rings. The van der Waals surface area contributed by atoms with Crippen LogP contribution in [0.3, 0.4) is 0 Å². The molecule has 104 valence electrons. The molecule has 0 saturated heterocycles. The van der Waals surface area contributed by atoms with Crippen molar-refractivity contribution >= 4 is 38.4 Å². The predicted molar refractivity (Wildman–Crippen MR) is 78.8 cm³/mol. The first-order valence-corrected chi connectivity index (χ1v) is 12.3. The van der Waals surface area contributed by atoms with Crippen LogP contribution in [0.2, 0.25) is 0 Å². The standard InChI is InChI=1S/C9H21O4PS3/c1-4-7-15-14(10,13-5-2)16-8-9-17(11,12)6-3/h4-9H2,1-3H3. The normalized spacial score (nSPS) is 15.7. The average molecular weight is 320 g/mol. The molecule has 0 saturated carbocycles. The van der Waals surface area contributed by atoms with Crippen LogP contribution in [-0.2, 0) is 18.9 Å². The highest BCUT2D eigenvalue weighted by Crippen LogP contribution is 2.69. The van der Waals surface area contributed by atoms with Gasteiger partial charge in [0.25, 0.3) is 0 Å². The molecular weight excluding hydrogens is 299 g/mol. The summed E-state index contributed by atoms with van der Waals surface area (Å²) in [5, 5.41) is 0. The molecule has 0 rings (SSSR count). The van der Waals surface area contributed by atoms with Gasteiger partial charge in [-0.05, 0) is 13.3 Å². The van der Waals surface area contributed by atoms with Gasteiger partial charge >= 0.3 is 5.77 Å². The Balaban J connectivity index is 4.22. The summed E-state index contributed by atoms with van der Waals surface area (Å²) in [5.74, 6) is -1.46. The van der Waals surface area contributed by atoms with Crippen LogP contribution in [0.25, 0.3) is 0 Å². The van der Waals surface area contributed by atoms with Crippen molar-refractivity contribution < 1.29 is 17.5 Å². The molecule has 0 fully saturated rings. The van der Waals surface area contributed by atoms with Crippen LogP contribution in [0.1, 0.15) is 27.2 Å². The van der Waals surface area contributed by atoms with E-state index in [4.69, 9.17) is 4.52 Å². The van der Waals surface area contributed by atoms with Crippen LogP contribution >= 0.6 is 28.5 Å². The topological polar surface area (TPSA) is 60.4 Å². The summed E-state index contributed by atoms with van der Waals surface area (Å²) in [6.45, 7) is 5.81. The van der Waals surface area contributed by atoms with Crippen molar-refractivity contribution in [3.63, 3.8) is 0 Å². The molecule has 8 heteroatoms. The summed E-state index contributed by atoms with van der Waals surface area (Å²) in [6.07, 6.45) is 0.926. The molecular formula is C9H21O4PS3. The Hall–Kier alpha value is 0.840. The first kappa shape index (κ1) is 17.8. The van der Waals surface area contributed by atoms with E-state index < -0.39 is 15.6 Å². The Kier molecular flexibility index (Phi) is 9.30. The summed E-state index contributed by atoms with van der Waals surface area (Å²) >= 11 is 2.46. The molecule has 0 bridgehead atoms. The smallest absolute Gasteiger partial charge is 0.313 e. The van der Waals surface area contributed by atoms with E-state index >= 15 is 0 Å². The van der Waals surface area contributed by atoms with Gasteiger partial charge in [0.05, 0.1) is 12.4 Å². The summed E-state index contributed by atoms with van der Waals surface area (Å²) in [5.41, 5.74) is 0. The molecule has 0 radical (unpaired) electrons. The van der Waals surface area contributed by atoms with Crippen LogP contribution in [0.4, 0.5) is 0 Å². The first-order valence-electron chi connectivity index (χ1n) is 5.63. The van der Waals surface area contributed by atoms with Gasteiger partial charge in [-0.15, -0.1) is 0 Å². The quantitative estimate of drug-likeness (QED) is 0.575. The van der Waals surface area contributed by atoms with E-state index in [1.807, 2.05) is 6.92 Å². The summed E-state index contributed by atoms with van der Waals surface area (Å²) in [6, 6.07) is 0. The molecule has 0 aromatic carbocycles. The Labute approximate surface area is 113 Å². The molecule has 0 heterocycles. The molecule has 0 N–H and O–H groups in total. The fourth-order valence-corrected chi connectivity index (χ4v) is 9.54. The fourth-order valence-electron chi connectivity index (χ4n) is 0.893. The summed E-state index contributed by atoms with van der Waals surface area (Å²) < 4.78 is 40.1. The molecule has 4 nitrogen and oxygen atoms in total. The maximum absolute atomic E-state index is 12.3. The van der Waals surface area contributed by atoms with Crippen LogP contribution in [-0.4, -0.2) is 38.0 Å².